The molecule has 0 spiro atoms. The Hall–Kier alpha value is -0.0900. The second-order valence-electron chi connectivity index (χ2n) is 2.86. The topological polar surface area (TPSA) is 60.2 Å². The van der Waals surface area contributed by atoms with Gasteiger partial charge in [0, 0.05) is 11.8 Å². The van der Waals surface area contributed by atoms with Gasteiger partial charge in [0.2, 0.25) is 0 Å². The SMILES string of the molecule is CCS(=O)(=O)CCCC(C)N. The van der Waals surface area contributed by atoms with Gasteiger partial charge in [0.15, 0.2) is 0 Å². The molecular weight excluding hydrogens is 162 g/mol. The molecule has 0 aromatic heterocycles. The Morgan fingerprint density at radius 2 is 2.00 bits per heavy atom. The van der Waals surface area contributed by atoms with Crippen LogP contribution in [0.4, 0.5) is 0 Å². The van der Waals surface area contributed by atoms with E-state index < -0.39 is 9.84 Å². The number of hydrogen-bond donors (Lipinski definition) is 1. The fourth-order valence-corrected chi connectivity index (χ4v) is 1.66. The van der Waals surface area contributed by atoms with E-state index in [0.29, 0.717) is 6.42 Å². The lowest BCUT2D eigenvalue weighted by Crippen LogP contribution is -2.17. The van der Waals surface area contributed by atoms with Gasteiger partial charge in [0.05, 0.1) is 5.75 Å². The fourth-order valence-electron chi connectivity index (χ4n) is 0.770. The number of hydrogen-bond acceptors (Lipinski definition) is 3. The minimum absolute atomic E-state index is 0.113. The molecule has 11 heavy (non-hydrogen) atoms. The second kappa shape index (κ2) is 4.72. The van der Waals surface area contributed by atoms with Crippen LogP contribution in [0.1, 0.15) is 26.7 Å². The van der Waals surface area contributed by atoms with E-state index in [2.05, 4.69) is 0 Å². The summed E-state index contributed by atoms with van der Waals surface area (Å²) >= 11 is 0. The van der Waals surface area contributed by atoms with Crippen molar-refractivity contribution in [2.45, 2.75) is 32.7 Å². The summed E-state index contributed by atoms with van der Waals surface area (Å²) in [5.41, 5.74) is 5.47. The molecule has 4 heteroatoms. The van der Waals surface area contributed by atoms with Crippen LogP contribution in [0.3, 0.4) is 0 Å². The van der Waals surface area contributed by atoms with Crippen molar-refractivity contribution in [1.82, 2.24) is 0 Å². The van der Waals surface area contributed by atoms with Crippen molar-refractivity contribution < 1.29 is 8.42 Å². The molecular formula is C7H17NO2S. The van der Waals surface area contributed by atoms with E-state index in [1.807, 2.05) is 6.92 Å². The van der Waals surface area contributed by atoms with Crippen molar-refractivity contribution in [1.29, 1.82) is 0 Å². The number of nitrogens with two attached hydrogens (primary N) is 1. The predicted octanol–water partition coefficient (Wildman–Crippen LogP) is 0.549. The van der Waals surface area contributed by atoms with Crippen LogP contribution in [-0.2, 0) is 9.84 Å². The lowest BCUT2D eigenvalue weighted by molar-refractivity contribution is 0.586. The highest BCUT2D eigenvalue weighted by Gasteiger charge is 2.06. The van der Waals surface area contributed by atoms with Crippen LogP contribution in [-0.4, -0.2) is 26.0 Å². The zero-order valence-corrected chi connectivity index (χ0v) is 8.02. The standard InChI is InChI=1S/C7H17NO2S/c1-3-11(9,10)6-4-5-7(2)8/h7H,3-6,8H2,1-2H3. The van der Waals surface area contributed by atoms with Gasteiger partial charge < -0.3 is 5.73 Å². The Bertz CT molecular complexity index is 185. The zero-order valence-electron chi connectivity index (χ0n) is 7.21. The minimum atomic E-state index is -2.77. The third-order valence-electron chi connectivity index (χ3n) is 1.55. The van der Waals surface area contributed by atoms with Crippen LogP contribution >= 0.6 is 0 Å². The highest BCUT2D eigenvalue weighted by molar-refractivity contribution is 7.91. The van der Waals surface area contributed by atoms with E-state index in [1.165, 1.54) is 0 Å². The molecule has 0 saturated carbocycles. The van der Waals surface area contributed by atoms with E-state index in [9.17, 15) is 8.42 Å². The molecule has 0 aliphatic heterocycles. The van der Waals surface area contributed by atoms with E-state index in [4.69, 9.17) is 5.73 Å². The molecule has 0 aromatic carbocycles. The first kappa shape index (κ1) is 10.9. The third kappa shape index (κ3) is 6.31. The van der Waals surface area contributed by atoms with E-state index in [1.54, 1.807) is 6.92 Å². The van der Waals surface area contributed by atoms with Crippen molar-refractivity contribution in [3.05, 3.63) is 0 Å². The molecule has 1 unspecified atom stereocenters. The summed E-state index contributed by atoms with van der Waals surface area (Å²) in [6.45, 7) is 3.56. The number of rotatable bonds is 5. The van der Waals surface area contributed by atoms with Crippen LogP contribution in [0.25, 0.3) is 0 Å². The molecule has 2 N–H and O–H groups in total. The predicted molar refractivity (Wildman–Crippen MR) is 47.2 cm³/mol. The lowest BCUT2D eigenvalue weighted by Gasteiger charge is -2.03. The molecule has 0 saturated heterocycles. The minimum Gasteiger partial charge on any atom is -0.328 e. The van der Waals surface area contributed by atoms with Gasteiger partial charge in [0.1, 0.15) is 9.84 Å². The Kier molecular flexibility index (Phi) is 4.68. The van der Waals surface area contributed by atoms with E-state index in [0.717, 1.165) is 6.42 Å². The summed E-state index contributed by atoms with van der Waals surface area (Å²) in [6.07, 6.45) is 1.48. The molecule has 0 aromatic rings. The van der Waals surface area contributed by atoms with Gasteiger partial charge in [-0.05, 0) is 19.8 Å². The summed E-state index contributed by atoms with van der Waals surface area (Å²) in [6, 6.07) is 0.113. The Morgan fingerprint density at radius 3 is 2.36 bits per heavy atom. The quantitative estimate of drug-likeness (QED) is 0.670. The lowest BCUT2D eigenvalue weighted by atomic mass is 10.2. The average Bonchev–Trinajstić information content (AvgIpc) is 1.87. The fraction of sp³-hybridized carbons (Fsp3) is 1.00. The summed E-state index contributed by atoms with van der Waals surface area (Å²) < 4.78 is 21.9. The molecule has 0 rings (SSSR count). The molecule has 0 aliphatic rings. The highest BCUT2D eigenvalue weighted by Crippen LogP contribution is 1.98. The van der Waals surface area contributed by atoms with E-state index >= 15 is 0 Å². The Morgan fingerprint density at radius 1 is 1.45 bits per heavy atom. The summed E-state index contributed by atoms with van der Waals surface area (Å²) in [7, 11) is -2.77. The van der Waals surface area contributed by atoms with E-state index in [-0.39, 0.29) is 17.5 Å². The Labute approximate surface area is 68.9 Å². The van der Waals surface area contributed by atoms with Crippen molar-refractivity contribution in [3.8, 4) is 0 Å². The summed E-state index contributed by atoms with van der Waals surface area (Å²) in [5, 5.41) is 0. The first-order valence-corrected chi connectivity index (χ1v) is 5.76. The van der Waals surface area contributed by atoms with Crippen LogP contribution in [0.2, 0.25) is 0 Å². The first-order valence-electron chi connectivity index (χ1n) is 3.94. The van der Waals surface area contributed by atoms with Crippen molar-refractivity contribution in [2.75, 3.05) is 11.5 Å². The third-order valence-corrected chi connectivity index (χ3v) is 3.34. The molecule has 68 valence electrons. The second-order valence-corrected chi connectivity index (χ2v) is 5.33. The normalized spacial score (nSPS) is 14.8. The van der Waals surface area contributed by atoms with Gasteiger partial charge in [-0.15, -0.1) is 0 Å². The molecule has 0 fully saturated rings. The smallest absolute Gasteiger partial charge is 0.150 e. The number of sulfone groups is 1. The maximum Gasteiger partial charge on any atom is 0.150 e. The zero-order chi connectivity index (χ0) is 8.91. The largest absolute Gasteiger partial charge is 0.328 e. The molecule has 3 nitrogen and oxygen atoms in total. The molecule has 0 bridgehead atoms. The van der Waals surface area contributed by atoms with Crippen LogP contribution in [0.15, 0.2) is 0 Å². The monoisotopic (exact) mass is 179 g/mol. The van der Waals surface area contributed by atoms with Crippen LogP contribution in [0, 0.1) is 0 Å². The van der Waals surface area contributed by atoms with Crippen LogP contribution in [0.5, 0.6) is 0 Å². The molecule has 0 radical (unpaired) electrons. The van der Waals surface area contributed by atoms with Gasteiger partial charge in [-0.1, -0.05) is 6.92 Å². The average molecular weight is 179 g/mol. The van der Waals surface area contributed by atoms with Crippen molar-refractivity contribution >= 4 is 9.84 Å². The Balaban J connectivity index is 3.55. The molecule has 0 amide bonds. The van der Waals surface area contributed by atoms with Gasteiger partial charge in [0.25, 0.3) is 0 Å². The van der Waals surface area contributed by atoms with Gasteiger partial charge in [-0.25, -0.2) is 8.42 Å². The van der Waals surface area contributed by atoms with Crippen molar-refractivity contribution in [2.24, 2.45) is 5.73 Å². The van der Waals surface area contributed by atoms with Gasteiger partial charge >= 0.3 is 0 Å². The molecule has 1 atom stereocenters. The van der Waals surface area contributed by atoms with Gasteiger partial charge in [-0.3, -0.25) is 0 Å². The van der Waals surface area contributed by atoms with Gasteiger partial charge in [-0.2, -0.15) is 0 Å². The van der Waals surface area contributed by atoms with Crippen LogP contribution < -0.4 is 5.73 Å². The first-order chi connectivity index (χ1) is 4.98. The maximum absolute atomic E-state index is 10.9. The highest BCUT2D eigenvalue weighted by atomic mass is 32.2. The summed E-state index contributed by atoms with van der Waals surface area (Å²) in [4.78, 5) is 0. The van der Waals surface area contributed by atoms with Crippen molar-refractivity contribution in [3.63, 3.8) is 0 Å². The summed E-state index contributed by atoms with van der Waals surface area (Å²) in [5.74, 6) is 0.525. The molecule has 0 aliphatic carbocycles. The molecule has 0 heterocycles. The maximum atomic E-state index is 10.9.